The van der Waals surface area contributed by atoms with Crippen LogP contribution in [0.15, 0.2) is 12.7 Å². The first-order valence-corrected chi connectivity index (χ1v) is 4.99. The van der Waals surface area contributed by atoms with Crippen LogP contribution in [0.2, 0.25) is 0 Å². The van der Waals surface area contributed by atoms with E-state index in [-0.39, 0.29) is 24.9 Å². The molecule has 92 valence electrons. The van der Waals surface area contributed by atoms with Crippen LogP contribution in [0, 0.1) is 0 Å². The monoisotopic (exact) mass is 248 g/mol. The standard InChI is InChI=1S/C10H16N2O3.ClH/c1-2-5-11-9(13)7-12-6-3-4-8(12)10(14)15;/h2,8H,1,3-7H2,(H,11,13)(H,14,15);1H. The fourth-order valence-corrected chi connectivity index (χ4v) is 1.72. The van der Waals surface area contributed by atoms with E-state index in [2.05, 4.69) is 11.9 Å². The SMILES string of the molecule is C=CCNC(=O)CN1CCCC1C(=O)O.Cl. The van der Waals surface area contributed by atoms with Gasteiger partial charge in [0.2, 0.25) is 5.91 Å². The van der Waals surface area contributed by atoms with E-state index in [9.17, 15) is 9.59 Å². The molecule has 1 rings (SSSR count). The number of nitrogens with zero attached hydrogens (tertiary/aromatic N) is 1. The largest absolute Gasteiger partial charge is 0.480 e. The summed E-state index contributed by atoms with van der Waals surface area (Å²) in [5.41, 5.74) is 0. The van der Waals surface area contributed by atoms with Gasteiger partial charge in [-0.25, -0.2) is 0 Å². The van der Waals surface area contributed by atoms with Gasteiger partial charge < -0.3 is 10.4 Å². The average Bonchev–Trinajstić information content (AvgIpc) is 2.62. The molecule has 0 saturated carbocycles. The second-order valence-corrected chi connectivity index (χ2v) is 3.56. The van der Waals surface area contributed by atoms with Gasteiger partial charge in [0, 0.05) is 6.54 Å². The van der Waals surface area contributed by atoms with Gasteiger partial charge in [0.1, 0.15) is 6.04 Å². The molecule has 1 unspecified atom stereocenters. The van der Waals surface area contributed by atoms with Crippen molar-refractivity contribution in [1.29, 1.82) is 0 Å². The van der Waals surface area contributed by atoms with Crippen molar-refractivity contribution in [2.24, 2.45) is 0 Å². The van der Waals surface area contributed by atoms with Crippen molar-refractivity contribution in [3.8, 4) is 0 Å². The number of halogens is 1. The van der Waals surface area contributed by atoms with Gasteiger partial charge in [0.05, 0.1) is 6.54 Å². The van der Waals surface area contributed by atoms with Gasteiger partial charge in [-0.1, -0.05) is 6.08 Å². The Kier molecular flexibility index (Phi) is 6.76. The number of hydrogen-bond acceptors (Lipinski definition) is 3. The minimum Gasteiger partial charge on any atom is -0.480 e. The Bertz CT molecular complexity index is 271. The van der Waals surface area contributed by atoms with Gasteiger partial charge in [-0.2, -0.15) is 0 Å². The third-order valence-electron chi connectivity index (χ3n) is 2.44. The fraction of sp³-hybridized carbons (Fsp3) is 0.600. The Morgan fingerprint density at radius 1 is 1.56 bits per heavy atom. The Hall–Kier alpha value is -1.07. The highest BCUT2D eigenvalue weighted by Crippen LogP contribution is 2.16. The maximum atomic E-state index is 11.3. The number of carboxylic acid groups (broad SMARTS) is 1. The zero-order valence-corrected chi connectivity index (χ0v) is 9.83. The first kappa shape index (κ1) is 14.9. The second kappa shape index (κ2) is 7.24. The Morgan fingerprint density at radius 2 is 2.25 bits per heavy atom. The molecule has 0 radical (unpaired) electrons. The fourth-order valence-electron chi connectivity index (χ4n) is 1.72. The lowest BCUT2D eigenvalue weighted by Crippen LogP contribution is -2.42. The van der Waals surface area contributed by atoms with E-state index in [1.807, 2.05) is 0 Å². The molecule has 0 bridgehead atoms. The highest BCUT2D eigenvalue weighted by molar-refractivity contribution is 5.85. The van der Waals surface area contributed by atoms with Crippen molar-refractivity contribution < 1.29 is 14.7 Å². The van der Waals surface area contributed by atoms with Crippen molar-refractivity contribution >= 4 is 24.3 Å². The molecule has 1 amide bonds. The molecule has 1 fully saturated rings. The number of aliphatic carboxylic acids is 1. The van der Waals surface area contributed by atoms with E-state index < -0.39 is 12.0 Å². The quantitative estimate of drug-likeness (QED) is 0.685. The summed E-state index contributed by atoms with van der Waals surface area (Å²) in [5.74, 6) is -0.993. The third-order valence-corrected chi connectivity index (χ3v) is 2.44. The van der Waals surface area contributed by atoms with Crippen molar-refractivity contribution in [3.63, 3.8) is 0 Å². The van der Waals surface area contributed by atoms with Gasteiger partial charge in [-0.05, 0) is 19.4 Å². The first-order valence-electron chi connectivity index (χ1n) is 4.99. The van der Waals surface area contributed by atoms with Crippen LogP contribution in [0.3, 0.4) is 0 Å². The molecule has 1 atom stereocenters. The summed E-state index contributed by atoms with van der Waals surface area (Å²) in [6.45, 7) is 4.74. The molecule has 0 aromatic carbocycles. The summed E-state index contributed by atoms with van der Waals surface area (Å²) in [5, 5.41) is 11.5. The molecule has 0 aliphatic carbocycles. The minimum absolute atomic E-state index is 0. The van der Waals surface area contributed by atoms with Crippen molar-refractivity contribution in [3.05, 3.63) is 12.7 Å². The highest BCUT2D eigenvalue weighted by atomic mass is 35.5. The van der Waals surface area contributed by atoms with Crippen molar-refractivity contribution in [2.45, 2.75) is 18.9 Å². The zero-order chi connectivity index (χ0) is 11.3. The molecule has 0 spiro atoms. The maximum absolute atomic E-state index is 11.3. The van der Waals surface area contributed by atoms with Crippen molar-refractivity contribution in [1.82, 2.24) is 10.2 Å². The number of carbonyl (C=O) groups is 2. The van der Waals surface area contributed by atoms with Crippen LogP contribution in [-0.4, -0.2) is 47.6 Å². The summed E-state index contributed by atoms with van der Waals surface area (Å²) in [7, 11) is 0. The summed E-state index contributed by atoms with van der Waals surface area (Å²) in [6.07, 6.45) is 3.06. The van der Waals surface area contributed by atoms with Crippen LogP contribution in [0.25, 0.3) is 0 Å². The lowest BCUT2D eigenvalue weighted by atomic mass is 10.2. The summed E-state index contributed by atoms with van der Waals surface area (Å²) >= 11 is 0. The molecule has 6 heteroatoms. The molecule has 5 nitrogen and oxygen atoms in total. The first-order chi connectivity index (χ1) is 7.15. The number of likely N-dealkylation sites (tertiary alicyclic amines) is 1. The van der Waals surface area contributed by atoms with E-state index in [0.717, 1.165) is 6.42 Å². The molecule has 1 aliphatic rings. The number of amides is 1. The number of rotatable bonds is 5. The van der Waals surface area contributed by atoms with Crippen LogP contribution >= 0.6 is 12.4 Å². The lowest BCUT2D eigenvalue weighted by molar-refractivity contribution is -0.142. The van der Waals surface area contributed by atoms with Crippen LogP contribution < -0.4 is 5.32 Å². The Morgan fingerprint density at radius 3 is 2.81 bits per heavy atom. The summed E-state index contributed by atoms with van der Waals surface area (Å²) in [6, 6.07) is -0.500. The van der Waals surface area contributed by atoms with Crippen LogP contribution in [0.1, 0.15) is 12.8 Å². The van der Waals surface area contributed by atoms with Crippen LogP contribution in [0.5, 0.6) is 0 Å². The smallest absolute Gasteiger partial charge is 0.320 e. The normalized spacial score (nSPS) is 19.9. The predicted octanol–water partition coefficient (Wildman–Crippen LogP) is 0.259. The van der Waals surface area contributed by atoms with E-state index in [1.165, 1.54) is 0 Å². The molecule has 16 heavy (non-hydrogen) atoms. The Labute approximate surface area is 101 Å². The second-order valence-electron chi connectivity index (χ2n) is 3.56. The molecular weight excluding hydrogens is 232 g/mol. The number of carboxylic acids is 1. The minimum atomic E-state index is -0.843. The molecule has 1 saturated heterocycles. The summed E-state index contributed by atoms with van der Waals surface area (Å²) in [4.78, 5) is 23.8. The van der Waals surface area contributed by atoms with Crippen molar-refractivity contribution in [2.75, 3.05) is 19.6 Å². The third kappa shape index (κ3) is 4.20. The Balaban J connectivity index is 0.00000225. The van der Waals surface area contributed by atoms with Gasteiger partial charge in [-0.15, -0.1) is 19.0 Å². The van der Waals surface area contributed by atoms with Gasteiger partial charge >= 0.3 is 5.97 Å². The summed E-state index contributed by atoms with van der Waals surface area (Å²) < 4.78 is 0. The molecule has 0 aromatic rings. The average molecular weight is 249 g/mol. The number of carbonyl (C=O) groups excluding carboxylic acids is 1. The lowest BCUT2D eigenvalue weighted by Gasteiger charge is -2.19. The van der Waals surface area contributed by atoms with Gasteiger partial charge in [0.25, 0.3) is 0 Å². The molecule has 1 aliphatic heterocycles. The van der Waals surface area contributed by atoms with E-state index in [4.69, 9.17) is 5.11 Å². The maximum Gasteiger partial charge on any atom is 0.320 e. The topological polar surface area (TPSA) is 69.6 Å². The van der Waals surface area contributed by atoms with Gasteiger partial charge in [0.15, 0.2) is 0 Å². The van der Waals surface area contributed by atoms with E-state index in [1.54, 1.807) is 11.0 Å². The number of nitrogens with one attached hydrogen (secondary N) is 1. The van der Waals surface area contributed by atoms with E-state index in [0.29, 0.717) is 19.5 Å². The molecule has 2 N–H and O–H groups in total. The van der Waals surface area contributed by atoms with E-state index >= 15 is 0 Å². The highest BCUT2D eigenvalue weighted by Gasteiger charge is 2.31. The predicted molar refractivity (Wildman–Crippen MR) is 62.7 cm³/mol. The van der Waals surface area contributed by atoms with Crippen LogP contribution in [-0.2, 0) is 9.59 Å². The molecule has 0 aromatic heterocycles. The number of hydrogen-bond donors (Lipinski definition) is 2. The molecule has 1 heterocycles. The van der Waals surface area contributed by atoms with Gasteiger partial charge in [-0.3, -0.25) is 14.5 Å². The van der Waals surface area contributed by atoms with Crippen LogP contribution in [0.4, 0.5) is 0 Å². The zero-order valence-electron chi connectivity index (χ0n) is 9.02. The molecular formula is C10H17ClN2O3.